The van der Waals surface area contributed by atoms with Crippen molar-refractivity contribution in [2.75, 3.05) is 0 Å². The lowest BCUT2D eigenvalue weighted by molar-refractivity contribution is -0.117. The molecular weight excluding hydrogens is 126 g/mol. The van der Waals surface area contributed by atoms with Crippen LogP contribution in [-0.2, 0) is 4.79 Å². The third kappa shape index (κ3) is 4.13. The normalized spacial score (nSPS) is 13.5. The first kappa shape index (κ1) is 9.21. The zero-order valence-electron chi connectivity index (χ0n) is 6.85. The van der Waals surface area contributed by atoms with Crippen LogP contribution in [0, 0.1) is 0 Å². The highest BCUT2D eigenvalue weighted by atomic mass is 16.1. The highest BCUT2D eigenvalue weighted by Crippen LogP contribution is 1.87. The van der Waals surface area contributed by atoms with E-state index in [-0.39, 0.29) is 11.9 Å². The number of allylic oxidation sites excluding steroid dienone is 1. The Labute approximate surface area is 62.3 Å². The molecular formula is C8H15NO. The second-order valence-electron chi connectivity index (χ2n) is 2.32. The smallest absolute Gasteiger partial charge is 0.243 e. The van der Waals surface area contributed by atoms with Crippen LogP contribution >= 0.6 is 0 Å². The third-order valence-corrected chi connectivity index (χ3v) is 1.32. The molecule has 1 N–H and O–H groups in total. The van der Waals surface area contributed by atoms with Gasteiger partial charge in [0.1, 0.15) is 0 Å². The Kier molecular flexibility index (Phi) is 4.63. The summed E-state index contributed by atoms with van der Waals surface area (Å²) in [5.74, 6) is -0.00292. The maximum absolute atomic E-state index is 10.8. The van der Waals surface area contributed by atoms with E-state index in [1.54, 1.807) is 6.08 Å². The predicted octanol–water partition coefficient (Wildman–Crippen LogP) is 1.48. The first-order chi connectivity index (χ1) is 4.70. The Morgan fingerprint density at radius 1 is 1.70 bits per heavy atom. The molecule has 58 valence electrons. The van der Waals surface area contributed by atoms with E-state index in [1.165, 1.54) is 6.08 Å². The Morgan fingerprint density at radius 2 is 2.30 bits per heavy atom. The number of carbonyl (C=O) groups is 1. The maximum Gasteiger partial charge on any atom is 0.243 e. The summed E-state index contributed by atoms with van der Waals surface area (Å²) in [5.41, 5.74) is 0. The fourth-order valence-electron chi connectivity index (χ4n) is 0.544. The highest BCUT2D eigenvalue weighted by Gasteiger charge is 1.99. The number of hydrogen-bond donors (Lipinski definition) is 1. The Hall–Kier alpha value is -0.790. The van der Waals surface area contributed by atoms with Crippen molar-refractivity contribution in [3.63, 3.8) is 0 Å². The van der Waals surface area contributed by atoms with Crippen LogP contribution in [0.2, 0.25) is 0 Å². The predicted molar refractivity (Wildman–Crippen MR) is 42.7 cm³/mol. The minimum absolute atomic E-state index is 0.00292. The van der Waals surface area contributed by atoms with Gasteiger partial charge in [0.2, 0.25) is 5.91 Å². The number of amides is 1. The lowest BCUT2D eigenvalue weighted by Crippen LogP contribution is -2.30. The second kappa shape index (κ2) is 5.03. The summed E-state index contributed by atoms with van der Waals surface area (Å²) >= 11 is 0. The molecule has 0 aliphatic heterocycles. The lowest BCUT2D eigenvalue weighted by Gasteiger charge is -2.07. The van der Waals surface area contributed by atoms with Crippen LogP contribution in [-0.4, -0.2) is 11.9 Å². The Bertz CT molecular complexity index is 129. The van der Waals surface area contributed by atoms with Crippen LogP contribution in [0.15, 0.2) is 12.2 Å². The van der Waals surface area contributed by atoms with E-state index in [9.17, 15) is 4.79 Å². The summed E-state index contributed by atoms with van der Waals surface area (Å²) in [5, 5.41) is 2.80. The van der Waals surface area contributed by atoms with E-state index in [4.69, 9.17) is 0 Å². The Balaban J connectivity index is 3.57. The van der Waals surface area contributed by atoms with Crippen LogP contribution in [0.1, 0.15) is 27.2 Å². The summed E-state index contributed by atoms with van der Waals surface area (Å²) in [6.07, 6.45) is 4.24. The van der Waals surface area contributed by atoms with Gasteiger partial charge in [-0.1, -0.05) is 13.0 Å². The summed E-state index contributed by atoms with van der Waals surface area (Å²) in [4.78, 5) is 10.8. The average Bonchev–Trinajstić information content (AvgIpc) is 1.88. The highest BCUT2D eigenvalue weighted by molar-refractivity contribution is 5.87. The quantitative estimate of drug-likeness (QED) is 0.592. The van der Waals surface area contributed by atoms with Gasteiger partial charge in [-0.25, -0.2) is 0 Å². The van der Waals surface area contributed by atoms with Gasteiger partial charge in [0.05, 0.1) is 0 Å². The topological polar surface area (TPSA) is 29.1 Å². The van der Waals surface area contributed by atoms with Crippen LogP contribution in [0.25, 0.3) is 0 Å². The fraction of sp³-hybridized carbons (Fsp3) is 0.625. The van der Waals surface area contributed by atoms with Gasteiger partial charge in [-0.05, 0) is 26.3 Å². The molecule has 0 bridgehead atoms. The van der Waals surface area contributed by atoms with Gasteiger partial charge in [-0.2, -0.15) is 0 Å². The van der Waals surface area contributed by atoms with Crippen LogP contribution in [0.3, 0.4) is 0 Å². The molecule has 0 aliphatic carbocycles. The van der Waals surface area contributed by atoms with Crippen molar-refractivity contribution in [2.45, 2.75) is 33.2 Å². The monoisotopic (exact) mass is 141 g/mol. The van der Waals surface area contributed by atoms with Gasteiger partial charge in [-0.15, -0.1) is 0 Å². The molecule has 0 unspecified atom stereocenters. The number of rotatable bonds is 3. The summed E-state index contributed by atoms with van der Waals surface area (Å²) in [6, 6.07) is 0.281. The van der Waals surface area contributed by atoms with E-state index in [1.807, 2.05) is 20.8 Å². The maximum atomic E-state index is 10.8. The molecule has 0 radical (unpaired) electrons. The van der Waals surface area contributed by atoms with Crippen molar-refractivity contribution in [1.82, 2.24) is 5.32 Å². The average molecular weight is 141 g/mol. The van der Waals surface area contributed by atoms with Crippen molar-refractivity contribution in [1.29, 1.82) is 0 Å². The van der Waals surface area contributed by atoms with E-state index >= 15 is 0 Å². The molecule has 0 rings (SSSR count). The molecule has 0 aromatic carbocycles. The van der Waals surface area contributed by atoms with Gasteiger partial charge in [-0.3, -0.25) is 4.79 Å². The van der Waals surface area contributed by atoms with Crippen LogP contribution in [0.4, 0.5) is 0 Å². The van der Waals surface area contributed by atoms with Crippen molar-refractivity contribution in [2.24, 2.45) is 0 Å². The zero-order chi connectivity index (χ0) is 7.98. The van der Waals surface area contributed by atoms with E-state index < -0.39 is 0 Å². The van der Waals surface area contributed by atoms with Gasteiger partial charge in [0.15, 0.2) is 0 Å². The summed E-state index contributed by atoms with van der Waals surface area (Å²) in [6.45, 7) is 5.86. The van der Waals surface area contributed by atoms with Gasteiger partial charge >= 0.3 is 0 Å². The number of carbonyl (C=O) groups excluding carboxylic acids is 1. The summed E-state index contributed by atoms with van der Waals surface area (Å²) < 4.78 is 0. The molecule has 1 amide bonds. The first-order valence-corrected chi connectivity index (χ1v) is 3.63. The SMILES string of the molecule is C/C=C/C(=O)N[C@@H](C)CC. The van der Waals surface area contributed by atoms with Crippen molar-refractivity contribution in [3.8, 4) is 0 Å². The summed E-state index contributed by atoms with van der Waals surface area (Å²) in [7, 11) is 0. The largest absolute Gasteiger partial charge is 0.350 e. The molecule has 2 heteroatoms. The molecule has 0 saturated carbocycles. The molecule has 2 nitrogen and oxygen atoms in total. The van der Waals surface area contributed by atoms with Crippen molar-refractivity contribution >= 4 is 5.91 Å². The van der Waals surface area contributed by atoms with Crippen LogP contribution < -0.4 is 5.32 Å². The number of nitrogens with one attached hydrogen (secondary N) is 1. The molecule has 0 aliphatic rings. The minimum Gasteiger partial charge on any atom is -0.350 e. The molecule has 0 heterocycles. The molecule has 0 spiro atoms. The lowest BCUT2D eigenvalue weighted by atomic mass is 10.2. The zero-order valence-corrected chi connectivity index (χ0v) is 6.85. The first-order valence-electron chi connectivity index (χ1n) is 3.63. The Morgan fingerprint density at radius 3 is 2.70 bits per heavy atom. The minimum atomic E-state index is -0.00292. The van der Waals surface area contributed by atoms with E-state index in [0.29, 0.717) is 0 Å². The fourth-order valence-corrected chi connectivity index (χ4v) is 0.544. The van der Waals surface area contributed by atoms with E-state index in [0.717, 1.165) is 6.42 Å². The van der Waals surface area contributed by atoms with Gasteiger partial charge in [0, 0.05) is 6.04 Å². The number of hydrogen-bond acceptors (Lipinski definition) is 1. The van der Waals surface area contributed by atoms with Gasteiger partial charge < -0.3 is 5.32 Å². The van der Waals surface area contributed by atoms with Gasteiger partial charge in [0.25, 0.3) is 0 Å². The molecule has 0 fully saturated rings. The van der Waals surface area contributed by atoms with Crippen molar-refractivity contribution in [3.05, 3.63) is 12.2 Å². The molecule has 0 aromatic rings. The molecule has 1 atom stereocenters. The molecule has 10 heavy (non-hydrogen) atoms. The second-order valence-corrected chi connectivity index (χ2v) is 2.32. The van der Waals surface area contributed by atoms with Crippen molar-refractivity contribution < 1.29 is 4.79 Å². The standard InChI is InChI=1S/C8H15NO/c1-4-6-8(10)9-7(3)5-2/h4,6-7H,5H2,1-3H3,(H,9,10)/b6-4+/t7-/m0/s1. The van der Waals surface area contributed by atoms with Crippen LogP contribution in [0.5, 0.6) is 0 Å². The third-order valence-electron chi connectivity index (χ3n) is 1.32. The molecule has 0 saturated heterocycles. The molecule has 0 aromatic heterocycles. The van der Waals surface area contributed by atoms with E-state index in [2.05, 4.69) is 5.32 Å².